The Hall–Kier alpha value is -1.42. The summed E-state index contributed by atoms with van der Waals surface area (Å²) in [6, 6.07) is 6.23. The number of hydrogen-bond acceptors (Lipinski definition) is 2. The number of likely N-dealkylation sites (tertiary alicyclic amines) is 1. The molecule has 2 aliphatic rings. The summed E-state index contributed by atoms with van der Waals surface area (Å²) in [5, 5.41) is 10.2. The zero-order valence-electron chi connectivity index (χ0n) is 12.2. The first kappa shape index (κ1) is 14.5. The maximum atomic E-state index is 13.9. The van der Waals surface area contributed by atoms with Crippen molar-refractivity contribution in [1.82, 2.24) is 4.90 Å². The molecule has 4 heteroatoms. The van der Waals surface area contributed by atoms with Crippen LogP contribution in [0.2, 0.25) is 0 Å². The molecule has 3 nitrogen and oxygen atoms in total. The van der Waals surface area contributed by atoms with Crippen LogP contribution < -0.4 is 0 Å². The highest BCUT2D eigenvalue weighted by Crippen LogP contribution is 2.35. The summed E-state index contributed by atoms with van der Waals surface area (Å²) >= 11 is 0. The van der Waals surface area contributed by atoms with Gasteiger partial charge in [0.1, 0.15) is 5.82 Å². The SMILES string of the molecule is O=C(c1ccccc1F)N1CCCCC1C1CCCC1O. The molecule has 1 aromatic rings. The third kappa shape index (κ3) is 2.82. The van der Waals surface area contributed by atoms with E-state index in [1.165, 1.54) is 6.07 Å². The van der Waals surface area contributed by atoms with E-state index in [1.807, 2.05) is 0 Å². The first-order valence-corrected chi connectivity index (χ1v) is 7.92. The number of nitrogens with zero attached hydrogens (tertiary/aromatic N) is 1. The lowest BCUT2D eigenvalue weighted by molar-refractivity contribution is 0.0285. The fourth-order valence-corrected chi connectivity index (χ4v) is 3.86. The van der Waals surface area contributed by atoms with Crippen LogP contribution in [0.15, 0.2) is 24.3 Å². The first-order chi connectivity index (χ1) is 10.2. The minimum Gasteiger partial charge on any atom is -0.393 e. The number of amides is 1. The van der Waals surface area contributed by atoms with Crippen molar-refractivity contribution in [2.45, 2.75) is 50.7 Å². The van der Waals surface area contributed by atoms with Gasteiger partial charge in [-0.15, -0.1) is 0 Å². The highest BCUT2D eigenvalue weighted by Gasteiger charge is 2.39. The number of halogens is 1. The summed E-state index contributed by atoms with van der Waals surface area (Å²) in [7, 11) is 0. The predicted molar refractivity (Wildman–Crippen MR) is 78.4 cm³/mol. The van der Waals surface area contributed by atoms with Gasteiger partial charge in [-0.3, -0.25) is 4.79 Å². The van der Waals surface area contributed by atoms with Crippen molar-refractivity contribution in [3.63, 3.8) is 0 Å². The van der Waals surface area contributed by atoms with Gasteiger partial charge in [-0.2, -0.15) is 0 Å². The lowest BCUT2D eigenvalue weighted by atomic mass is 9.87. The van der Waals surface area contributed by atoms with Gasteiger partial charge in [0.15, 0.2) is 0 Å². The Labute approximate surface area is 124 Å². The van der Waals surface area contributed by atoms with E-state index >= 15 is 0 Å². The summed E-state index contributed by atoms with van der Waals surface area (Å²) in [5.74, 6) is -0.531. The smallest absolute Gasteiger partial charge is 0.257 e. The Morgan fingerprint density at radius 3 is 2.67 bits per heavy atom. The monoisotopic (exact) mass is 291 g/mol. The molecule has 3 atom stereocenters. The van der Waals surface area contributed by atoms with Crippen LogP contribution in [0, 0.1) is 11.7 Å². The molecule has 1 saturated carbocycles. The van der Waals surface area contributed by atoms with Crippen molar-refractivity contribution in [3.05, 3.63) is 35.6 Å². The van der Waals surface area contributed by atoms with Crippen molar-refractivity contribution >= 4 is 5.91 Å². The summed E-state index contributed by atoms with van der Waals surface area (Å²) < 4.78 is 13.9. The Morgan fingerprint density at radius 1 is 1.14 bits per heavy atom. The predicted octanol–water partition coefficient (Wildman–Crippen LogP) is 2.98. The van der Waals surface area contributed by atoms with Crippen LogP contribution >= 0.6 is 0 Å². The second kappa shape index (κ2) is 6.14. The number of carbonyl (C=O) groups excluding carboxylic acids is 1. The molecule has 0 radical (unpaired) electrons. The van der Waals surface area contributed by atoms with Crippen LogP contribution in [-0.2, 0) is 0 Å². The molecule has 0 spiro atoms. The summed E-state index contributed by atoms with van der Waals surface area (Å²) in [6.07, 6.45) is 5.44. The lowest BCUT2D eigenvalue weighted by Gasteiger charge is -2.40. The minimum absolute atomic E-state index is 0.0587. The third-order valence-corrected chi connectivity index (χ3v) is 4.94. The number of carbonyl (C=O) groups is 1. The van der Waals surface area contributed by atoms with Gasteiger partial charge in [0.05, 0.1) is 11.7 Å². The average molecular weight is 291 g/mol. The van der Waals surface area contributed by atoms with Crippen LogP contribution in [0.25, 0.3) is 0 Å². The third-order valence-electron chi connectivity index (χ3n) is 4.94. The van der Waals surface area contributed by atoms with Crippen LogP contribution in [0.4, 0.5) is 4.39 Å². The van der Waals surface area contributed by atoms with E-state index in [0.29, 0.717) is 6.54 Å². The molecule has 1 aromatic carbocycles. The van der Waals surface area contributed by atoms with E-state index in [0.717, 1.165) is 38.5 Å². The standard InChI is InChI=1S/C17H22FNO2/c18-14-8-2-1-6-12(14)17(21)19-11-4-3-9-15(19)13-7-5-10-16(13)20/h1-2,6,8,13,15-16,20H,3-5,7,9-11H2. The molecule has 1 N–H and O–H groups in total. The molecule has 1 aliphatic heterocycles. The zero-order chi connectivity index (χ0) is 14.8. The highest BCUT2D eigenvalue weighted by atomic mass is 19.1. The number of piperidine rings is 1. The Morgan fingerprint density at radius 2 is 1.95 bits per heavy atom. The van der Waals surface area contributed by atoms with Gasteiger partial charge in [0.2, 0.25) is 0 Å². The molecule has 1 heterocycles. The van der Waals surface area contributed by atoms with Gasteiger partial charge >= 0.3 is 0 Å². The van der Waals surface area contributed by atoms with Crippen molar-refractivity contribution in [3.8, 4) is 0 Å². The summed E-state index contributed by atoms with van der Waals surface area (Å²) in [5.41, 5.74) is 0.150. The largest absolute Gasteiger partial charge is 0.393 e. The quantitative estimate of drug-likeness (QED) is 0.910. The van der Waals surface area contributed by atoms with Gasteiger partial charge in [0.25, 0.3) is 5.91 Å². The lowest BCUT2D eigenvalue weighted by Crippen LogP contribution is -2.49. The summed E-state index contributed by atoms with van der Waals surface area (Å²) in [4.78, 5) is 14.5. The molecule has 2 fully saturated rings. The molecule has 1 saturated heterocycles. The fourth-order valence-electron chi connectivity index (χ4n) is 3.86. The second-order valence-corrected chi connectivity index (χ2v) is 6.20. The van der Waals surface area contributed by atoms with Crippen LogP contribution in [-0.4, -0.2) is 34.6 Å². The van der Waals surface area contributed by atoms with Crippen LogP contribution in [0.5, 0.6) is 0 Å². The zero-order valence-corrected chi connectivity index (χ0v) is 12.2. The maximum Gasteiger partial charge on any atom is 0.257 e. The van der Waals surface area contributed by atoms with Crippen molar-refractivity contribution in [2.24, 2.45) is 5.92 Å². The van der Waals surface area contributed by atoms with Gasteiger partial charge < -0.3 is 10.0 Å². The molecule has 114 valence electrons. The Balaban J connectivity index is 1.84. The molecule has 1 amide bonds. The molecule has 3 rings (SSSR count). The first-order valence-electron chi connectivity index (χ1n) is 7.92. The topological polar surface area (TPSA) is 40.5 Å². The van der Waals surface area contributed by atoms with E-state index in [4.69, 9.17) is 0 Å². The van der Waals surface area contributed by atoms with Crippen molar-refractivity contribution in [1.29, 1.82) is 0 Å². The van der Waals surface area contributed by atoms with Crippen molar-refractivity contribution < 1.29 is 14.3 Å². The van der Waals surface area contributed by atoms with E-state index in [9.17, 15) is 14.3 Å². The Kier molecular flexibility index (Phi) is 4.24. The summed E-state index contributed by atoms with van der Waals surface area (Å²) in [6.45, 7) is 0.668. The van der Waals surface area contributed by atoms with Gasteiger partial charge in [-0.25, -0.2) is 4.39 Å². The molecule has 0 bridgehead atoms. The molecule has 21 heavy (non-hydrogen) atoms. The molecule has 3 unspecified atom stereocenters. The normalized spacial score (nSPS) is 29.6. The second-order valence-electron chi connectivity index (χ2n) is 6.20. The van der Waals surface area contributed by atoms with E-state index in [2.05, 4.69) is 0 Å². The number of aliphatic hydroxyl groups is 1. The van der Waals surface area contributed by atoms with Crippen LogP contribution in [0.1, 0.15) is 48.9 Å². The number of rotatable bonds is 2. The average Bonchev–Trinajstić information content (AvgIpc) is 2.93. The van der Waals surface area contributed by atoms with Gasteiger partial charge in [-0.1, -0.05) is 18.6 Å². The molecular weight excluding hydrogens is 269 g/mol. The number of benzene rings is 1. The van der Waals surface area contributed by atoms with Gasteiger partial charge in [0, 0.05) is 18.5 Å². The van der Waals surface area contributed by atoms with Gasteiger partial charge in [-0.05, 0) is 44.2 Å². The number of hydrogen-bond donors (Lipinski definition) is 1. The molecule has 1 aliphatic carbocycles. The van der Waals surface area contributed by atoms with E-state index < -0.39 is 5.82 Å². The van der Waals surface area contributed by atoms with E-state index in [1.54, 1.807) is 23.1 Å². The van der Waals surface area contributed by atoms with Crippen LogP contribution in [0.3, 0.4) is 0 Å². The molecule has 0 aromatic heterocycles. The Bertz CT molecular complexity index is 519. The highest BCUT2D eigenvalue weighted by molar-refractivity contribution is 5.94. The fraction of sp³-hybridized carbons (Fsp3) is 0.588. The minimum atomic E-state index is -0.459. The van der Waals surface area contributed by atoms with E-state index in [-0.39, 0.29) is 29.5 Å². The maximum absolute atomic E-state index is 13.9. The molecular formula is C17H22FNO2. The number of aliphatic hydroxyl groups excluding tert-OH is 1. The van der Waals surface area contributed by atoms with Crippen molar-refractivity contribution in [2.75, 3.05) is 6.54 Å².